The lowest BCUT2D eigenvalue weighted by Crippen LogP contribution is -2.33. The Morgan fingerprint density at radius 3 is 2.56 bits per heavy atom. The van der Waals surface area contributed by atoms with Gasteiger partial charge in [0.25, 0.3) is 5.69 Å². The Morgan fingerprint density at radius 1 is 1.12 bits per heavy atom. The van der Waals surface area contributed by atoms with Crippen LogP contribution >= 0.6 is 0 Å². The Hall–Kier alpha value is -2.71. The van der Waals surface area contributed by atoms with E-state index in [1.165, 1.54) is 6.07 Å². The molecule has 0 fully saturated rings. The first-order valence-electron chi connectivity index (χ1n) is 11.2. The van der Waals surface area contributed by atoms with Crippen molar-refractivity contribution >= 4 is 21.4 Å². The molecular formula is C24H29N3O4S. The number of benzene rings is 2. The third-order valence-corrected chi connectivity index (χ3v) is 8.25. The van der Waals surface area contributed by atoms with Gasteiger partial charge >= 0.3 is 0 Å². The van der Waals surface area contributed by atoms with Gasteiger partial charge in [-0.05, 0) is 54.5 Å². The SMILES string of the molecule is CCCN(CCC)S(=O)(=O)c1ccc2c(c1)C1C=CCC1C(c1cccc([N+](=O)[O-])c1)N2. The van der Waals surface area contributed by atoms with Crippen LogP contribution in [-0.4, -0.2) is 30.7 Å². The van der Waals surface area contributed by atoms with Crippen molar-refractivity contribution in [2.75, 3.05) is 18.4 Å². The molecule has 32 heavy (non-hydrogen) atoms. The summed E-state index contributed by atoms with van der Waals surface area (Å²) >= 11 is 0. The number of nitrogens with zero attached hydrogens (tertiary/aromatic N) is 2. The topological polar surface area (TPSA) is 92.5 Å². The highest BCUT2D eigenvalue weighted by atomic mass is 32.2. The summed E-state index contributed by atoms with van der Waals surface area (Å²) in [5, 5.41) is 14.8. The standard InChI is InChI=1S/C24H29N3O4S/c1-3-13-26(14-4-2)32(30,31)19-11-12-23-22(16-19)20-9-6-10-21(20)24(25-23)17-7-5-8-18(15-17)27(28)29/h5-9,11-12,15-16,20-21,24-25H,3-4,10,13-14H2,1-2H3. The number of rotatable bonds is 8. The van der Waals surface area contributed by atoms with Gasteiger partial charge in [-0.15, -0.1) is 0 Å². The summed E-state index contributed by atoms with van der Waals surface area (Å²) in [6.07, 6.45) is 6.63. The van der Waals surface area contributed by atoms with Crippen LogP contribution in [0.15, 0.2) is 59.5 Å². The summed E-state index contributed by atoms with van der Waals surface area (Å²) in [6, 6.07) is 12.0. The van der Waals surface area contributed by atoms with Gasteiger partial charge in [-0.3, -0.25) is 10.1 Å². The zero-order valence-corrected chi connectivity index (χ0v) is 19.2. The van der Waals surface area contributed by atoms with E-state index in [-0.39, 0.29) is 28.5 Å². The lowest BCUT2D eigenvalue weighted by Gasteiger charge is -2.37. The number of hydrogen-bond acceptors (Lipinski definition) is 5. The van der Waals surface area contributed by atoms with Crippen LogP contribution in [0, 0.1) is 16.0 Å². The molecule has 2 aromatic rings. The van der Waals surface area contributed by atoms with Gasteiger partial charge in [-0.2, -0.15) is 4.31 Å². The minimum Gasteiger partial charge on any atom is -0.378 e. The second-order valence-electron chi connectivity index (χ2n) is 8.48. The van der Waals surface area contributed by atoms with Gasteiger partial charge < -0.3 is 5.32 Å². The maximum absolute atomic E-state index is 13.3. The predicted molar refractivity (Wildman–Crippen MR) is 125 cm³/mol. The molecule has 8 heteroatoms. The summed E-state index contributed by atoms with van der Waals surface area (Å²) in [5.74, 6) is 0.237. The molecule has 3 atom stereocenters. The molecule has 2 aromatic carbocycles. The van der Waals surface area contributed by atoms with Crippen molar-refractivity contribution in [3.63, 3.8) is 0 Å². The van der Waals surface area contributed by atoms with Crippen molar-refractivity contribution in [3.05, 3.63) is 75.9 Å². The molecular weight excluding hydrogens is 426 g/mol. The Kier molecular flexibility index (Phi) is 6.35. The predicted octanol–water partition coefficient (Wildman–Crippen LogP) is 5.23. The van der Waals surface area contributed by atoms with Crippen LogP contribution in [0.3, 0.4) is 0 Å². The Bertz CT molecular complexity index is 1140. The second kappa shape index (κ2) is 9.03. The lowest BCUT2D eigenvalue weighted by atomic mass is 9.77. The van der Waals surface area contributed by atoms with E-state index in [4.69, 9.17) is 0 Å². The van der Waals surface area contributed by atoms with Crippen LogP contribution in [0.2, 0.25) is 0 Å². The third kappa shape index (κ3) is 4.04. The quantitative estimate of drug-likeness (QED) is 0.334. The van der Waals surface area contributed by atoms with E-state index in [0.717, 1.165) is 36.1 Å². The molecule has 0 saturated carbocycles. The van der Waals surface area contributed by atoms with E-state index in [1.807, 2.05) is 32.0 Å². The average molecular weight is 456 g/mol. The number of sulfonamides is 1. The Labute approximate surface area is 189 Å². The zero-order chi connectivity index (χ0) is 22.9. The molecule has 1 aliphatic carbocycles. The molecule has 1 N–H and O–H groups in total. The fraction of sp³-hybridized carbons (Fsp3) is 0.417. The van der Waals surface area contributed by atoms with Crippen molar-refractivity contribution in [1.29, 1.82) is 0 Å². The maximum Gasteiger partial charge on any atom is 0.269 e. The summed E-state index contributed by atoms with van der Waals surface area (Å²) in [7, 11) is -3.56. The number of nitrogens with one attached hydrogen (secondary N) is 1. The van der Waals surface area contributed by atoms with E-state index in [1.54, 1.807) is 22.5 Å². The summed E-state index contributed by atoms with van der Waals surface area (Å²) in [5.41, 5.74) is 2.80. The van der Waals surface area contributed by atoms with Crippen molar-refractivity contribution in [2.45, 2.75) is 50.0 Å². The number of anilines is 1. The number of nitro benzene ring substituents is 1. The zero-order valence-electron chi connectivity index (χ0n) is 18.4. The molecule has 1 heterocycles. The second-order valence-corrected chi connectivity index (χ2v) is 10.4. The average Bonchev–Trinajstić information content (AvgIpc) is 3.28. The normalized spacial score (nSPS) is 21.8. The fourth-order valence-electron chi connectivity index (χ4n) is 4.89. The van der Waals surface area contributed by atoms with Crippen molar-refractivity contribution in [2.24, 2.45) is 5.92 Å². The Morgan fingerprint density at radius 2 is 1.88 bits per heavy atom. The summed E-state index contributed by atoms with van der Waals surface area (Å²) in [6.45, 7) is 4.98. The first kappa shape index (κ1) is 22.5. The minimum absolute atomic E-state index is 0.0662. The van der Waals surface area contributed by atoms with Crippen molar-refractivity contribution in [1.82, 2.24) is 4.31 Å². The molecule has 4 rings (SSSR count). The number of non-ortho nitro benzene ring substituents is 1. The fourth-order valence-corrected chi connectivity index (χ4v) is 6.55. The van der Waals surface area contributed by atoms with E-state index in [2.05, 4.69) is 17.5 Å². The molecule has 1 aliphatic heterocycles. The Balaban J connectivity index is 1.71. The van der Waals surface area contributed by atoms with Gasteiger partial charge in [0.2, 0.25) is 10.0 Å². The molecule has 170 valence electrons. The smallest absolute Gasteiger partial charge is 0.269 e. The molecule has 3 unspecified atom stereocenters. The molecule has 0 amide bonds. The van der Waals surface area contributed by atoms with Crippen molar-refractivity contribution in [3.8, 4) is 0 Å². The number of fused-ring (bicyclic) bond motifs is 3. The lowest BCUT2D eigenvalue weighted by molar-refractivity contribution is -0.384. The van der Waals surface area contributed by atoms with E-state index in [0.29, 0.717) is 18.0 Å². The van der Waals surface area contributed by atoms with Gasteiger partial charge in [-0.25, -0.2) is 8.42 Å². The highest BCUT2D eigenvalue weighted by Gasteiger charge is 2.39. The molecule has 0 aromatic heterocycles. The van der Waals surface area contributed by atoms with Crippen LogP contribution in [0.1, 0.15) is 56.2 Å². The summed E-state index contributed by atoms with van der Waals surface area (Å²) in [4.78, 5) is 11.2. The first-order valence-corrected chi connectivity index (χ1v) is 12.6. The van der Waals surface area contributed by atoms with Gasteiger partial charge in [0.1, 0.15) is 0 Å². The van der Waals surface area contributed by atoms with E-state index in [9.17, 15) is 18.5 Å². The summed E-state index contributed by atoms with van der Waals surface area (Å²) < 4.78 is 28.2. The molecule has 7 nitrogen and oxygen atoms in total. The van der Waals surface area contributed by atoms with E-state index >= 15 is 0 Å². The molecule has 0 saturated heterocycles. The van der Waals surface area contributed by atoms with E-state index < -0.39 is 10.0 Å². The number of hydrogen-bond donors (Lipinski definition) is 1. The molecule has 2 aliphatic rings. The van der Waals surface area contributed by atoms with Gasteiger partial charge in [-0.1, -0.05) is 38.1 Å². The van der Waals surface area contributed by atoms with Crippen LogP contribution in [0.25, 0.3) is 0 Å². The molecule has 0 radical (unpaired) electrons. The first-order chi connectivity index (χ1) is 15.4. The third-order valence-electron chi connectivity index (χ3n) is 6.36. The maximum atomic E-state index is 13.3. The largest absolute Gasteiger partial charge is 0.378 e. The monoisotopic (exact) mass is 455 g/mol. The van der Waals surface area contributed by atoms with Crippen molar-refractivity contribution < 1.29 is 13.3 Å². The van der Waals surface area contributed by atoms with Crippen LogP contribution in [-0.2, 0) is 10.0 Å². The van der Waals surface area contributed by atoms with Crippen LogP contribution < -0.4 is 5.32 Å². The van der Waals surface area contributed by atoms with Gasteiger partial charge in [0.15, 0.2) is 0 Å². The van der Waals surface area contributed by atoms with Gasteiger partial charge in [0.05, 0.1) is 15.9 Å². The highest BCUT2D eigenvalue weighted by Crippen LogP contribution is 2.50. The molecule has 0 bridgehead atoms. The van der Waals surface area contributed by atoms with Gasteiger partial charge in [0, 0.05) is 36.8 Å². The van der Waals surface area contributed by atoms with Crippen LogP contribution in [0.4, 0.5) is 11.4 Å². The highest BCUT2D eigenvalue weighted by molar-refractivity contribution is 7.89. The van der Waals surface area contributed by atoms with Crippen LogP contribution in [0.5, 0.6) is 0 Å². The number of allylic oxidation sites excluding steroid dienone is 2. The molecule has 0 spiro atoms. The minimum atomic E-state index is -3.56. The number of nitro groups is 1.